The molecule has 0 aliphatic rings. The molecule has 0 bridgehead atoms. The van der Waals surface area contributed by atoms with E-state index in [-0.39, 0.29) is 6.61 Å². The number of hydrogen-bond donors (Lipinski definition) is 1. The number of hydrogen-bond acceptors (Lipinski definition) is 4. The van der Waals surface area contributed by atoms with E-state index in [0.29, 0.717) is 11.4 Å². The first-order valence-corrected chi connectivity index (χ1v) is 5.55. The second-order valence-electron chi connectivity index (χ2n) is 3.89. The number of imidazole rings is 1. The summed E-state index contributed by atoms with van der Waals surface area (Å²) in [7, 11) is 5.10. The predicted molar refractivity (Wildman–Crippen MR) is 67.7 cm³/mol. The van der Waals surface area contributed by atoms with E-state index in [1.807, 2.05) is 29.8 Å². The van der Waals surface area contributed by atoms with Crippen LogP contribution in [-0.2, 0) is 13.7 Å². The van der Waals surface area contributed by atoms with Crippen LogP contribution in [0.25, 0.3) is 11.4 Å². The number of benzene rings is 1. The topological polar surface area (TPSA) is 56.5 Å². The van der Waals surface area contributed by atoms with Crippen LogP contribution in [0.4, 0.5) is 0 Å². The second kappa shape index (κ2) is 5.10. The van der Waals surface area contributed by atoms with Gasteiger partial charge in [0.15, 0.2) is 0 Å². The van der Waals surface area contributed by atoms with Gasteiger partial charge in [-0.2, -0.15) is 0 Å². The van der Waals surface area contributed by atoms with E-state index in [1.165, 1.54) is 0 Å². The minimum atomic E-state index is -0.0771. The van der Waals surface area contributed by atoms with E-state index in [9.17, 15) is 0 Å². The number of rotatable bonds is 4. The summed E-state index contributed by atoms with van der Waals surface area (Å²) in [6.07, 6.45) is 1.79. The van der Waals surface area contributed by atoms with Gasteiger partial charge < -0.3 is 19.1 Å². The predicted octanol–water partition coefficient (Wildman–Crippen LogP) is 1.60. The first-order valence-electron chi connectivity index (χ1n) is 5.55. The van der Waals surface area contributed by atoms with Gasteiger partial charge in [-0.1, -0.05) is 0 Å². The molecular weight excluding hydrogens is 232 g/mol. The van der Waals surface area contributed by atoms with E-state index in [1.54, 1.807) is 20.4 Å². The molecule has 0 aliphatic carbocycles. The minimum Gasteiger partial charge on any atom is -0.497 e. The first kappa shape index (κ1) is 12.4. The highest BCUT2D eigenvalue weighted by molar-refractivity contribution is 5.66. The van der Waals surface area contributed by atoms with Crippen LogP contribution in [0.15, 0.2) is 24.4 Å². The molecule has 18 heavy (non-hydrogen) atoms. The fourth-order valence-corrected chi connectivity index (χ4v) is 1.84. The third kappa shape index (κ3) is 2.17. The van der Waals surface area contributed by atoms with Crippen LogP contribution < -0.4 is 9.47 Å². The van der Waals surface area contributed by atoms with Crippen LogP contribution in [0.5, 0.6) is 11.5 Å². The Balaban J connectivity index is 2.52. The second-order valence-corrected chi connectivity index (χ2v) is 3.89. The van der Waals surface area contributed by atoms with Gasteiger partial charge in [0.05, 0.1) is 32.1 Å². The SMILES string of the molecule is COc1ccc(-c2nc(CO)cn2C)c(OC)c1. The fourth-order valence-electron chi connectivity index (χ4n) is 1.84. The largest absolute Gasteiger partial charge is 0.497 e. The number of methoxy groups -OCH3 is 2. The first-order chi connectivity index (χ1) is 8.69. The van der Waals surface area contributed by atoms with Crippen LogP contribution in [0.1, 0.15) is 5.69 Å². The molecule has 2 aromatic rings. The van der Waals surface area contributed by atoms with Gasteiger partial charge in [-0.15, -0.1) is 0 Å². The average molecular weight is 248 g/mol. The number of aromatic nitrogens is 2. The van der Waals surface area contributed by atoms with Crippen molar-refractivity contribution in [1.29, 1.82) is 0 Å². The molecule has 5 heteroatoms. The van der Waals surface area contributed by atoms with Crippen molar-refractivity contribution in [3.63, 3.8) is 0 Å². The number of nitrogens with zero attached hydrogens (tertiary/aromatic N) is 2. The van der Waals surface area contributed by atoms with E-state index in [2.05, 4.69) is 4.98 Å². The van der Waals surface area contributed by atoms with Crippen molar-refractivity contribution >= 4 is 0 Å². The van der Waals surface area contributed by atoms with Gasteiger partial charge in [-0.3, -0.25) is 0 Å². The van der Waals surface area contributed by atoms with Crippen molar-refractivity contribution in [3.05, 3.63) is 30.1 Å². The zero-order valence-corrected chi connectivity index (χ0v) is 10.7. The smallest absolute Gasteiger partial charge is 0.143 e. The maximum Gasteiger partial charge on any atom is 0.143 e. The number of ether oxygens (including phenoxy) is 2. The molecule has 5 nitrogen and oxygen atoms in total. The van der Waals surface area contributed by atoms with Crippen molar-refractivity contribution in [2.45, 2.75) is 6.61 Å². The van der Waals surface area contributed by atoms with Crippen molar-refractivity contribution in [3.8, 4) is 22.9 Å². The molecule has 1 heterocycles. The van der Waals surface area contributed by atoms with Crippen molar-refractivity contribution in [2.24, 2.45) is 7.05 Å². The zero-order valence-electron chi connectivity index (χ0n) is 10.7. The highest BCUT2D eigenvalue weighted by atomic mass is 16.5. The van der Waals surface area contributed by atoms with Gasteiger partial charge in [0.2, 0.25) is 0 Å². The number of aliphatic hydroxyl groups is 1. The van der Waals surface area contributed by atoms with Crippen LogP contribution in [-0.4, -0.2) is 28.9 Å². The lowest BCUT2D eigenvalue weighted by Crippen LogP contribution is -1.95. The third-order valence-electron chi connectivity index (χ3n) is 2.74. The Morgan fingerprint density at radius 1 is 1.28 bits per heavy atom. The number of aryl methyl sites for hydroxylation is 1. The Bertz CT molecular complexity index is 549. The van der Waals surface area contributed by atoms with E-state index < -0.39 is 0 Å². The summed E-state index contributed by atoms with van der Waals surface area (Å²) in [6, 6.07) is 5.55. The highest BCUT2D eigenvalue weighted by Gasteiger charge is 2.13. The van der Waals surface area contributed by atoms with E-state index in [0.717, 1.165) is 17.1 Å². The van der Waals surface area contributed by atoms with Crippen molar-refractivity contribution < 1.29 is 14.6 Å². The molecule has 1 aromatic carbocycles. The zero-order chi connectivity index (χ0) is 13.1. The molecule has 1 N–H and O–H groups in total. The monoisotopic (exact) mass is 248 g/mol. The summed E-state index contributed by atoms with van der Waals surface area (Å²) >= 11 is 0. The maximum atomic E-state index is 9.10. The molecule has 0 atom stereocenters. The summed E-state index contributed by atoms with van der Waals surface area (Å²) in [6.45, 7) is -0.0771. The quantitative estimate of drug-likeness (QED) is 0.892. The summed E-state index contributed by atoms with van der Waals surface area (Å²) in [5.74, 6) is 2.17. The average Bonchev–Trinajstić information content (AvgIpc) is 2.79. The Morgan fingerprint density at radius 3 is 2.61 bits per heavy atom. The third-order valence-corrected chi connectivity index (χ3v) is 2.74. The molecule has 0 unspecified atom stereocenters. The Kier molecular flexibility index (Phi) is 3.53. The lowest BCUT2D eigenvalue weighted by atomic mass is 10.2. The van der Waals surface area contributed by atoms with Gasteiger partial charge in [-0.25, -0.2) is 4.98 Å². The van der Waals surface area contributed by atoms with Gasteiger partial charge in [0.25, 0.3) is 0 Å². The fraction of sp³-hybridized carbons (Fsp3) is 0.308. The summed E-state index contributed by atoms with van der Waals surface area (Å²) in [4.78, 5) is 4.35. The molecule has 96 valence electrons. The van der Waals surface area contributed by atoms with Crippen molar-refractivity contribution in [1.82, 2.24) is 9.55 Å². The Hall–Kier alpha value is -2.01. The summed E-state index contributed by atoms with van der Waals surface area (Å²) in [5, 5.41) is 9.10. The lowest BCUT2D eigenvalue weighted by molar-refractivity contribution is 0.277. The van der Waals surface area contributed by atoms with Gasteiger partial charge >= 0.3 is 0 Å². The molecule has 0 fully saturated rings. The molecule has 2 rings (SSSR count). The maximum absolute atomic E-state index is 9.10. The van der Waals surface area contributed by atoms with Crippen LogP contribution in [0, 0.1) is 0 Å². The molecule has 0 radical (unpaired) electrons. The van der Waals surface area contributed by atoms with Gasteiger partial charge in [0, 0.05) is 19.3 Å². The molecule has 0 spiro atoms. The molecule has 1 aromatic heterocycles. The van der Waals surface area contributed by atoms with Gasteiger partial charge in [0.1, 0.15) is 17.3 Å². The van der Waals surface area contributed by atoms with E-state index >= 15 is 0 Å². The standard InChI is InChI=1S/C13H16N2O3/c1-15-7-9(8-16)14-13(15)11-5-4-10(17-2)6-12(11)18-3/h4-7,16H,8H2,1-3H3. The number of aliphatic hydroxyl groups excluding tert-OH is 1. The van der Waals surface area contributed by atoms with Gasteiger partial charge in [-0.05, 0) is 12.1 Å². The Morgan fingerprint density at radius 2 is 2.06 bits per heavy atom. The normalized spacial score (nSPS) is 10.4. The molecule has 0 saturated carbocycles. The van der Waals surface area contributed by atoms with Crippen LogP contribution in [0.2, 0.25) is 0 Å². The molecule has 0 aliphatic heterocycles. The summed E-state index contributed by atoms with van der Waals surface area (Å²) < 4.78 is 12.4. The van der Waals surface area contributed by atoms with Crippen molar-refractivity contribution in [2.75, 3.05) is 14.2 Å². The minimum absolute atomic E-state index is 0.0771. The molecule has 0 saturated heterocycles. The molecular formula is C13H16N2O3. The van der Waals surface area contributed by atoms with Crippen LogP contribution >= 0.6 is 0 Å². The highest BCUT2D eigenvalue weighted by Crippen LogP contribution is 2.32. The van der Waals surface area contributed by atoms with Crippen LogP contribution in [0.3, 0.4) is 0 Å². The lowest BCUT2D eigenvalue weighted by Gasteiger charge is -2.10. The summed E-state index contributed by atoms with van der Waals surface area (Å²) in [5.41, 5.74) is 1.49. The molecule has 0 amide bonds. The van der Waals surface area contributed by atoms with E-state index in [4.69, 9.17) is 14.6 Å². The Labute approximate surface area is 106 Å².